The Morgan fingerprint density at radius 1 is 0.667 bits per heavy atom. The summed E-state index contributed by atoms with van der Waals surface area (Å²) < 4.78 is 0. The fourth-order valence-electron chi connectivity index (χ4n) is 2.39. The highest BCUT2D eigenvalue weighted by atomic mass is 16.4. The van der Waals surface area contributed by atoms with Gasteiger partial charge in [-0.3, -0.25) is 4.79 Å². The van der Waals surface area contributed by atoms with Gasteiger partial charge in [0.05, 0.1) is 0 Å². The lowest BCUT2D eigenvalue weighted by Crippen LogP contribution is -1.93. The lowest BCUT2D eigenvalue weighted by Gasteiger charge is -2.00. The van der Waals surface area contributed by atoms with Crippen molar-refractivity contribution < 1.29 is 15.0 Å². The fourth-order valence-corrected chi connectivity index (χ4v) is 2.39. The van der Waals surface area contributed by atoms with Crippen LogP contribution in [0.4, 0.5) is 0 Å². The van der Waals surface area contributed by atoms with E-state index in [1.165, 1.54) is 57.8 Å². The second kappa shape index (κ2) is 17.2. The third-order valence-electron chi connectivity index (χ3n) is 3.71. The molecule has 0 saturated heterocycles. The van der Waals surface area contributed by atoms with E-state index in [-0.39, 0.29) is 0 Å². The van der Waals surface area contributed by atoms with E-state index in [2.05, 4.69) is 12.2 Å². The number of aliphatic hydroxyl groups excluding tert-OH is 1. The quantitative estimate of drug-likeness (QED) is 0.308. The predicted octanol–water partition coefficient (Wildman–Crippen LogP) is 5.08. The van der Waals surface area contributed by atoms with Crippen LogP contribution in [0.5, 0.6) is 0 Å². The molecule has 0 aliphatic carbocycles. The first kappa shape index (κ1) is 20.2. The molecule has 0 aliphatic rings. The SMILES string of the molecule is O=C(O)CCCCCCCCCC=CCCCCCCO. The number of hydrogen-bond donors (Lipinski definition) is 2. The Hall–Kier alpha value is -0.830. The molecule has 3 heteroatoms. The molecule has 0 aromatic rings. The summed E-state index contributed by atoms with van der Waals surface area (Å²) in [5.74, 6) is -0.671. The highest BCUT2D eigenvalue weighted by molar-refractivity contribution is 5.66. The summed E-state index contributed by atoms with van der Waals surface area (Å²) in [6, 6.07) is 0. The Kier molecular flexibility index (Phi) is 16.5. The van der Waals surface area contributed by atoms with Crippen LogP contribution in [0.25, 0.3) is 0 Å². The van der Waals surface area contributed by atoms with Gasteiger partial charge >= 0.3 is 5.97 Å². The zero-order chi connectivity index (χ0) is 15.6. The lowest BCUT2D eigenvalue weighted by atomic mass is 10.1. The van der Waals surface area contributed by atoms with Gasteiger partial charge < -0.3 is 10.2 Å². The molecule has 0 heterocycles. The van der Waals surface area contributed by atoms with E-state index in [4.69, 9.17) is 10.2 Å². The van der Waals surface area contributed by atoms with E-state index in [1.807, 2.05) is 0 Å². The van der Waals surface area contributed by atoms with Crippen molar-refractivity contribution in [3.05, 3.63) is 12.2 Å². The minimum Gasteiger partial charge on any atom is -0.481 e. The normalized spacial score (nSPS) is 11.3. The Morgan fingerprint density at radius 3 is 1.57 bits per heavy atom. The molecule has 21 heavy (non-hydrogen) atoms. The lowest BCUT2D eigenvalue weighted by molar-refractivity contribution is -0.137. The number of aliphatic carboxylic acids is 1. The van der Waals surface area contributed by atoms with E-state index < -0.39 is 5.97 Å². The molecule has 0 rings (SSSR count). The van der Waals surface area contributed by atoms with E-state index in [0.717, 1.165) is 25.7 Å². The summed E-state index contributed by atoms with van der Waals surface area (Å²) in [6.07, 6.45) is 20.0. The van der Waals surface area contributed by atoms with Crippen molar-refractivity contribution in [2.24, 2.45) is 0 Å². The average Bonchev–Trinajstić information content (AvgIpc) is 2.46. The fraction of sp³-hybridized carbons (Fsp3) is 0.833. The third-order valence-corrected chi connectivity index (χ3v) is 3.71. The molecule has 124 valence electrons. The van der Waals surface area contributed by atoms with Crippen molar-refractivity contribution in [1.82, 2.24) is 0 Å². The summed E-state index contributed by atoms with van der Waals surface area (Å²) in [4.78, 5) is 10.3. The molecular weight excluding hydrogens is 264 g/mol. The van der Waals surface area contributed by atoms with Gasteiger partial charge in [0.25, 0.3) is 0 Å². The molecule has 0 unspecified atom stereocenters. The van der Waals surface area contributed by atoms with Crippen molar-refractivity contribution in [2.75, 3.05) is 6.61 Å². The molecule has 0 radical (unpaired) electrons. The number of carboxylic acids is 1. The summed E-state index contributed by atoms with van der Waals surface area (Å²) in [5.41, 5.74) is 0. The monoisotopic (exact) mass is 298 g/mol. The third kappa shape index (κ3) is 19.2. The second-order valence-corrected chi connectivity index (χ2v) is 5.81. The van der Waals surface area contributed by atoms with Crippen LogP contribution in [0.1, 0.15) is 89.9 Å². The van der Waals surface area contributed by atoms with Crippen LogP contribution in [0.3, 0.4) is 0 Å². The van der Waals surface area contributed by atoms with Gasteiger partial charge in [-0.1, -0.05) is 57.1 Å². The second-order valence-electron chi connectivity index (χ2n) is 5.81. The molecule has 0 amide bonds. The number of allylic oxidation sites excluding steroid dienone is 2. The van der Waals surface area contributed by atoms with Crippen LogP contribution in [-0.4, -0.2) is 22.8 Å². The summed E-state index contributed by atoms with van der Waals surface area (Å²) >= 11 is 0. The van der Waals surface area contributed by atoms with Gasteiger partial charge in [-0.2, -0.15) is 0 Å². The number of rotatable bonds is 16. The van der Waals surface area contributed by atoms with Crippen LogP contribution in [0.15, 0.2) is 12.2 Å². The van der Waals surface area contributed by atoms with E-state index in [0.29, 0.717) is 13.0 Å². The van der Waals surface area contributed by atoms with Gasteiger partial charge in [0, 0.05) is 13.0 Å². The first-order valence-electron chi connectivity index (χ1n) is 8.75. The van der Waals surface area contributed by atoms with Crippen LogP contribution in [0, 0.1) is 0 Å². The van der Waals surface area contributed by atoms with Gasteiger partial charge in [0.15, 0.2) is 0 Å². The van der Waals surface area contributed by atoms with Gasteiger partial charge in [-0.15, -0.1) is 0 Å². The maximum atomic E-state index is 10.3. The Morgan fingerprint density at radius 2 is 1.10 bits per heavy atom. The van der Waals surface area contributed by atoms with Gasteiger partial charge in [0.1, 0.15) is 0 Å². The molecular formula is C18H34O3. The van der Waals surface area contributed by atoms with Crippen LogP contribution in [0.2, 0.25) is 0 Å². The van der Waals surface area contributed by atoms with Gasteiger partial charge in [-0.05, 0) is 38.5 Å². The van der Waals surface area contributed by atoms with Crippen molar-refractivity contribution in [3.63, 3.8) is 0 Å². The predicted molar refractivity (Wildman–Crippen MR) is 88.5 cm³/mol. The van der Waals surface area contributed by atoms with Crippen molar-refractivity contribution in [3.8, 4) is 0 Å². The zero-order valence-corrected chi connectivity index (χ0v) is 13.6. The molecule has 0 bridgehead atoms. The van der Waals surface area contributed by atoms with Gasteiger partial charge in [0.2, 0.25) is 0 Å². The molecule has 2 N–H and O–H groups in total. The van der Waals surface area contributed by atoms with Crippen molar-refractivity contribution in [1.29, 1.82) is 0 Å². The number of carboxylic acid groups (broad SMARTS) is 1. The Labute approximate surface area is 130 Å². The van der Waals surface area contributed by atoms with Crippen LogP contribution in [-0.2, 0) is 4.79 Å². The minimum atomic E-state index is -0.671. The highest BCUT2D eigenvalue weighted by Gasteiger charge is 1.96. The number of carbonyl (C=O) groups is 1. The number of aliphatic hydroxyl groups is 1. The number of unbranched alkanes of at least 4 members (excludes halogenated alkanes) is 11. The Balaban J connectivity index is 3.06. The van der Waals surface area contributed by atoms with Crippen LogP contribution < -0.4 is 0 Å². The molecule has 0 aromatic carbocycles. The standard InChI is InChI=1S/C18H34O3/c19-17-15-13-11-9-7-5-3-1-2-4-6-8-10-12-14-16-18(20)21/h3,5,19H,1-2,4,6-17H2,(H,20,21). The molecule has 0 fully saturated rings. The summed E-state index contributed by atoms with van der Waals surface area (Å²) in [5, 5.41) is 17.2. The summed E-state index contributed by atoms with van der Waals surface area (Å²) in [6.45, 7) is 0.329. The topological polar surface area (TPSA) is 57.5 Å². The summed E-state index contributed by atoms with van der Waals surface area (Å²) in [7, 11) is 0. The molecule has 3 nitrogen and oxygen atoms in total. The first-order chi connectivity index (χ1) is 10.3. The molecule has 0 aromatic heterocycles. The maximum Gasteiger partial charge on any atom is 0.303 e. The largest absolute Gasteiger partial charge is 0.481 e. The molecule has 0 saturated carbocycles. The molecule has 0 atom stereocenters. The van der Waals surface area contributed by atoms with Crippen molar-refractivity contribution in [2.45, 2.75) is 89.9 Å². The Bertz CT molecular complexity index is 249. The first-order valence-corrected chi connectivity index (χ1v) is 8.75. The highest BCUT2D eigenvalue weighted by Crippen LogP contribution is 2.10. The number of hydrogen-bond acceptors (Lipinski definition) is 2. The molecule has 0 spiro atoms. The van der Waals surface area contributed by atoms with E-state index >= 15 is 0 Å². The molecule has 0 aliphatic heterocycles. The average molecular weight is 298 g/mol. The minimum absolute atomic E-state index is 0.324. The van der Waals surface area contributed by atoms with Crippen molar-refractivity contribution >= 4 is 5.97 Å². The van der Waals surface area contributed by atoms with Gasteiger partial charge in [-0.25, -0.2) is 0 Å². The van der Waals surface area contributed by atoms with Crippen LogP contribution >= 0.6 is 0 Å². The maximum absolute atomic E-state index is 10.3. The smallest absolute Gasteiger partial charge is 0.303 e. The van der Waals surface area contributed by atoms with E-state index in [9.17, 15) is 4.79 Å². The zero-order valence-electron chi connectivity index (χ0n) is 13.6. The van der Waals surface area contributed by atoms with E-state index in [1.54, 1.807) is 0 Å².